The van der Waals surface area contributed by atoms with Gasteiger partial charge < -0.3 is 10.0 Å². The van der Waals surface area contributed by atoms with Crippen LogP contribution in [0.25, 0.3) is 0 Å². The van der Waals surface area contributed by atoms with Crippen molar-refractivity contribution in [3.8, 4) is 0 Å². The Labute approximate surface area is 123 Å². The minimum absolute atomic E-state index is 0.0269. The van der Waals surface area contributed by atoms with Gasteiger partial charge in [-0.25, -0.2) is 0 Å². The van der Waals surface area contributed by atoms with Gasteiger partial charge in [-0.15, -0.1) is 0 Å². The van der Waals surface area contributed by atoms with E-state index < -0.39 is 0 Å². The first-order valence-corrected chi connectivity index (χ1v) is 6.71. The van der Waals surface area contributed by atoms with Crippen molar-refractivity contribution >= 4 is 28.9 Å². The standard InChI is InChI=1S/C15H15Cl2NO/c1-18(9-11-5-7-13(16)8-6-11)15-12(10-19)3-2-4-14(15)17/h2-8,19H,9-10H2,1H3. The van der Waals surface area contributed by atoms with Gasteiger partial charge >= 0.3 is 0 Å². The molecular weight excluding hydrogens is 281 g/mol. The summed E-state index contributed by atoms with van der Waals surface area (Å²) in [7, 11) is 1.95. The van der Waals surface area contributed by atoms with Crippen LogP contribution in [0.1, 0.15) is 11.1 Å². The average Bonchev–Trinajstić information content (AvgIpc) is 2.40. The fourth-order valence-corrected chi connectivity index (χ4v) is 2.52. The second-order valence-corrected chi connectivity index (χ2v) is 5.23. The molecule has 0 spiro atoms. The molecule has 0 amide bonds. The van der Waals surface area contributed by atoms with Crippen LogP contribution in [0.2, 0.25) is 10.0 Å². The number of hydrogen-bond acceptors (Lipinski definition) is 2. The average molecular weight is 296 g/mol. The summed E-state index contributed by atoms with van der Waals surface area (Å²) < 4.78 is 0. The molecule has 0 atom stereocenters. The molecule has 0 aliphatic carbocycles. The Morgan fingerprint density at radius 2 is 1.74 bits per heavy atom. The highest BCUT2D eigenvalue weighted by Crippen LogP contribution is 2.30. The van der Waals surface area contributed by atoms with Gasteiger partial charge in [-0.2, -0.15) is 0 Å². The van der Waals surface area contributed by atoms with Crippen LogP contribution < -0.4 is 4.90 Å². The number of aliphatic hydroxyl groups is 1. The number of aliphatic hydroxyl groups excluding tert-OH is 1. The number of para-hydroxylation sites is 1. The van der Waals surface area contributed by atoms with E-state index in [-0.39, 0.29) is 6.61 Å². The largest absolute Gasteiger partial charge is 0.392 e. The maximum Gasteiger partial charge on any atom is 0.0702 e. The highest BCUT2D eigenvalue weighted by atomic mass is 35.5. The lowest BCUT2D eigenvalue weighted by atomic mass is 10.1. The third-order valence-corrected chi connectivity index (χ3v) is 3.51. The zero-order valence-electron chi connectivity index (χ0n) is 10.6. The van der Waals surface area contributed by atoms with Gasteiger partial charge in [-0.1, -0.05) is 47.5 Å². The summed E-state index contributed by atoms with van der Waals surface area (Å²) in [5, 5.41) is 10.8. The number of halogens is 2. The Morgan fingerprint density at radius 1 is 1.05 bits per heavy atom. The molecule has 19 heavy (non-hydrogen) atoms. The highest BCUT2D eigenvalue weighted by molar-refractivity contribution is 6.33. The van der Waals surface area contributed by atoms with E-state index in [1.807, 2.05) is 54.4 Å². The maximum atomic E-state index is 9.39. The molecule has 4 heteroatoms. The SMILES string of the molecule is CN(Cc1ccc(Cl)cc1)c1c(Cl)cccc1CO. The molecule has 0 aromatic heterocycles. The van der Waals surface area contributed by atoms with Gasteiger partial charge in [0.05, 0.1) is 17.3 Å². The fraction of sp³-hybridized carbons (Fsp3) is 0.200. The Balaban J connectivity index is 2.24. The molecule has 2 aromatic rings. The lowest BCUT2D eigenvalue weighted by Gasteiger charge is -2.23. The lowest BCUT2D eigenvalue weighted by Crippen LogP contribution is -2.18. The molecule has 1 N–H and O–H groups in total. The summed E-state index contributed by atoms with van der Waals surface area (Å²) in [5.74, 6) is 0. The van der Waals surface area contributed by atoms with Crippen LogP contribution in [0.4, 0.5) is 5.69 Å². The molecule has 2 rings (SSSR count). The van der Waals surface area contributed by atoms with Gasteiger partial charge in [0.25, 0.3) is 0 Å². The minimum atomic E-state index is -0.0269. The highest BCUT2D eigenvalue weighted by Gasteiger charge is 2.11. The Hall–Kier alpha value is -1.22. The summed E-state index contributed by atoms with van der Waals surface area (Å²) >= 11 is 12.1. The van der Waals surface area contributed by atoms with E-state index in [0.29, 0.717) is 11.6 Å². The van der Waals surface area contributed by atoms with Crippen LogP contribution in [0, 0.1) is 0 Å². The van der Waals surface area contributed by atoms with Crippen LogP contribution in [-0.2, 0) is 13.2 Å². The van der Waals surface area contributed by atoms with Crippen LogP contribution in [-0.4, -0.2) is 12.2 Å². The first-order valence-electron chi connectivity index (χ1n) is 5.95. The van der Waals surface area contributed by atoms with Crippen molar-refractivity contribution < 1.29 is 5.11 Å². The van der Waals surface area contributed by atoms with Crippen molar-refractivity contribution in [2.24, 2.45) is 0 Å². The van der Waals surface area contributed by atoms with E-state index in [1.54, 1.807) is 0 Å². The van der Waals surface area contributed by atoms with Crippen molar-refractivity contribution in [3.05, 3.63) is 63.6 Å². The quantitative estimate of drug-likeness (QED) is 0.917. The van der Waals surface area contributed by atoms with Crippen LogP contribution >= 0.6 is 23.2 Å². The van der Waals surface area contributed by atoms with Crippen LogP contribution in [0.5, 0.6) is 0 Å². The van der Waals surface area contributed by atoms with Gasteiger partial charge in [-0.3, -0.25) is 0 Å². The predicted molar refractivity (Wildman–Crippen MR) is 80.9 cm³/mol. The molecule has 0 fully saturated rings. The van der Waals surface area contributed by atoms with Crippen LogP contribution in [0.15, 0.2) is 42.5 Å². The molecule has 0 aliphatic rings. The Morgan fingerprint density at radius 3 is 2.37 bits per heavy atom. The van der Waals surface area contributed by atoms with Crippen molar-refractivity contribution in [2.75, 3.05) is 11.9 Å². The number of rotatable bonds is 4. The summed E-state index contributed by atoms with van der Waals surface area (Å²) in [4.78, 5) is 2.02. The number of benzene rings is 2. The first-order chi connectivity index (χ1) is 9.11. The summed E-state index contributed by atoms with van der Waals surface area (Å²) in [6.45, 7) is 0.675. The molecule has 0 aliphatic heterocycles. The molecule has 0 unspecified atom stereocenters. The Kier molecular flexibility index (Phi) is 4.70. The van der Waals surface area contributed by atoms with E-state index in [9.17, 15) is 5.11 Å². The molecule has 2 aromatic carbocycles. The summed E-state index contributed by atoms with van der Waals surface area (Å²) in [6, 6.07) is 13.2. The van der Waals surface area contributed by atoms with Crippen molar-refractivity contribution in [1.82, 2.24) is 0 Å². The lowest BCUT2D eigenvalue weighted by molar-refractivity contribution is 0.282. The minimum Gasteiger partial charge on any atom is -0.392 e. The van der Waals surface area contributed by atoms with Crippen molar-refractivity contribution in [3.63, 3.8) is 0 Å². The van der Waals surface area contributed by atoms with Crippen LogP contribution in [0.3, 0.4) is 0 Å². The number of anilines is 1. The second-order valence-electron chi connectivity index (χ2n) is 4.39. The maximum absolute atomic E-state index is 9.39. The summed E-state index contributed by atoms with van der Waals surface area (Å²) in [5.41, 5.74) is 2.82. The van der Waals surface area contributed by atoms with E-state index in [0.717, 1.165) is 21.8 Å². The predicted octanol–water partition coefficient (Wildman–Crippen LogP) is 4.12. The van der Waals surface area contributed by atoms with Crippen molar-refractivity contribution in [2.45, 2.75) is 13.2 Å². The van der Waals surface area contributed by atoms with Gasteiger partial charge in [0.15, 0.2) is 0 Å². The van der Waals surface area contributed by atoms with E-state index >= 15 is 0 Å². The van der Waals surface area contributed by atoms with Gasteiger partial charge in [-0.05, 0) is 23.8 Å². The van der Waals surface area contributed by atoms with E-state index in [4.69, 9.17) is 23.2 Å². The van der Waals surface area contributed by atoms with Crippen molar-refractivity contribution in [1.29, 1.82) is 0 Å². The number of hydrogen-bond donors (Lipinski definition) is 1. The van der Waals surface area contributed by atoms with Gasteiger partial charge in [0, 0.05) is 24.2 Å². The first kappa shape index (κ1) is 14.2. The Bertz CT molecular complexity index is 555. The van der Waals surface area contributed by atoms with E-state index in [2.05, 4.69) is 0 Å². The second kappa shape index (κ2) is 6.29. The molecule has 0 saturated heterocycles. The topological polar surface area (TPSA) is 23.5 Å². The zero-order valence-corrected chi connectivity index (χ0v) is 12.1. The van der Waals surface area contributed by atoms with E-state index in [1.165, 1.54) is 0 Å². The molecule has 0 bridgehead atoms. The smallest absolute Gasteiger partial charge is 0.0702 e. The third-order valence-electron chi connectivity index (χ3n) is 2.96. The molecule has 0 heterocycles. The zero-order chi connectivity index (χ0) is 13.8. The fourth-order valence-electron chi connectivity index (χ4n) is 2.06. The van der Waals surface area contributed by atoms with Gasteiger partial charge in [0.1, 0.15) is 0 Å². The molecule has 0 radical (unpaired) electrons. The molecular formula is C15H15Cl2NO. The third kappa shape index (κ3) is 3.41. The molecule has 0 saturated carbocycles. The van der Waals surface area contributed by atoms with Gasteiger partial charge in [0.2, 0.25) is 0 Å². The molecule has 100 valence electrons. The molecule has 2 nitrogen and oxygen atoms in total. The monoisotopic (exact) mass is 295 g/mol. The number of nitrogens with zero attached hydrogens (tertiary/aromatic N) is 1. The summed E-state index contributed by atoms with van der Waals surface area (Å²) in [6.07, 6.45) is 0. The normalized spacial score (nSPS) is 10.5.